The molecular weight excluding hydrogens is 383 g/mol. The Morgan fingerprint density at radius 3 is 2.64 bits per heavy atom. The minimum Gasteiger partial charge on any atom is -0.0860 e. The van der Waals surface area contributed by atoms with E-state index in [1.165, 1.54) is 10.0 Å². The van der Waals surface area contributed by atoms with Crippen molar-refractivity contribution in [2.45, 2.75) is 6.42 Å². The first-order valence-corrected chi connectivity index (χ1v) is 6.35. The molecule has 0 aliphatic heterocycles. The third-order valence-corrected chi connectivity index (χ3v) is 3.18. The highest BCUT2D eigenvalue weighted by Crippen LogP contribution is 2.22. The molecule has 0 aliphatic carbocycles. The van der Waals surface area contributed by atoms with Crippen LogP contribution in [0.15, 0.2) is 27.1 Å². The van der Waals surface area contributed by atoms with Crippen molar-refractivity contribution in [3.63, 3.8) is 0 Å². The first-order valence-electron chi connectivity index (χ1n) is 3.24. The second-order valence-electron chi connectivity index (χ2n) is 2.17. The van der Waals surface area contributed by atoms with Crippen LogP contribution in [-0.2, 0) is 6.42 Å². The Morgan fingerprint density at radius 1 is 1.27 bits per heavy atom. The van der Waals surface area contributed by atoms with Crippen LogP contribution in [0.2, 0.25) is 0 Å². The zero-order valence-electron chi connectivity index (χ0n) is 5.78. The lowest BCUT2D eigenvalue weighted by molar-refractivity contribution is 1.16. The van der Waals surface area contributed by atoms with E-state index in [9.17, 15) is 0 Å². The summed E-state index contributed by atoms with van der Waals surface area (Å²) in [5, 5.41) is 0. The van der Waals surface area contributed by atoms with E-state index in [1.807, 2.05) is 6.07 Å². The first-order chi connectivity index (χ1) is 5.24. The monoisotopic (exact) mass is 388 g/mol. The predicted octanol–water partition coefficient (Wildman–Crippen LogP) is 4.19. The van der Waals surface area contributed by atoms with Crippen molar-refractivity contribution in [1.82, 2.24) is 0 Å². The number of halogens is 3. The molecule has 0 saturated carbocycles. The lowest BCUT2D eigenvalue weighted by atomic mass is 10.2. The molecule has 1 rings (SSSR count). The van der Waals surface area contributed by atoms with Gasteiger partial charge in [0.25, 0.3) is 0 Å². The van der Waals surface area contributed by atoms with Gasteiger partial charge in [0.2, 0.25) is 0 Å². The fraction of sp³-hybridized carbons (Fsp3) is 0.250. The summed E-state index contributed by atoms with van der Waals surface area (Å²) >= 11 is 9.33. The SMILES string of the molecule is Brc1ccc(Br)c(CCI)c1. The summed E-state index contributed by atoms with van der Waals surface area (Å²) in [6.07, 6.45) is 1.13. The Morgan fingerprint density at radius 2 is 2.00 bits per heavy atom. The van der Waals surface area contributed by atoms with E-state index >= 15 is 0 Å². The molecule has 0 spiro atoms. The van der Waals surface area contributed by atoms with Gasteiger partial charge in [0.1, 0.15) is 0 Å². The number of rotatable bonds is 2. The standard InChI is InChI=1S/C8H7Br2I/c9-7-1-2-8(10)6(5-7)3-4-11/h1-2,5H,3-4H2. The van der Waals surface area contributed by atoms with Crippen molar-refractivity contribution in [2.75, 3.05) is 4.43 Å². The highest BCUT2D eigenvalue weighted by Gasteiger charge is 1.98. The highest BCUT2D eigenvalue weighted by atomic mass is 127. The van der Waals surface area contributed by atoms with Gasteiger partial charge in [-0.05, 0) is 30.2 Å². The van der Waals surface area contributed by atoms with Gasteiger partial charge in [-0.1, -0.05) is 54.5 Å². The highest BCUT2D eigenvalue weighted by molar-refractivity contribution is 14.1. The summed E-state index contributed by atoms with van der Waals surface area (Å²) < 4.78 is 3.52. The van der Waals surface area contributed by atoms with Gasteiger partial charge in [0.15, 0.2) is 0 Å². The second-order valence-corrected chi connectivity index (χ2v) is 5.02. The van der Waals surface area contributed by atoms with Gasteiger partial charge in [-0.25, -0.2) is 0 Å². The molecule has 0 heterocycles. The van der Waals surface area contributed by atoms with E-state index < -0.39 is 0 Å². The molecule has 0 atom stereocenters. The van der Waals surface area contributed by atoms with Crippen LogP contribution in [0.3, 0.4) is 0 Å². The number of aryl methyl sites for hydroxylation is 1. The van der Waals surface area contributed by atoms with Gasteiger partial charge < -0.3 is 0 Å². The quantitative estimate of drug-likeness (QED) is 0.525. The van der Waals surface area contributed by atoms with Crippen LogP contribution in [0, 0.1) is 0 Å². The molecule has 0 aliphatic rings. The summed E-state index contributed by atoms with van der Waals surface area (Å²) in [4.78, 5) is 0. The van der Waals surface area contributed by atoms with E-state index in [1.54, 1.807) is 0 Å². The molecule has 0 bridgehead atoms. The third-order valence-electron chi connectivity index (χ3n) is 1.37. The van der Waals surface area contributed by atoms with E-state index in [-0.39, 0.29) is 0 Å². The summed E-state index contributed by atoms with van der Waals surface area (Å²) in [6.45, 7) is 0. The average Bonchev–Trinajstić information content (AvgIpc) is 1.98. The lowest BCUT2D eigenvalue weighted by Gasteiger charge is -2.01. The van der Waals surface area contributed by atoms with Gasteiger partial charge >= 0.3 is 0 Å². The molecule has 1 aromatic carbocycles. The molecule has 3 heteroatoms. The van der Waals surface area contributed by atoms with Gasteiger partial charge in [0, 0.05) is 13.4 Å². The normalized spacial score (nSPS) is 10.1. The third kappa shape index (κ3) is 3.03. The molecular formula is C8H7Br2I. The summed E-state index contributed by atoms with van der Waals surface area (Å²) in [6, 6.07) is 6.27. The Bertz CT molecular complexity index is 248. The smallest absolute Gasteiger partial charge is 0.0208 e. The maximum atomic E-state index is 3.51. The van der Waals surface area contributed by atoms with Crippen molar-refractivity contribution in [3.8, 4) is 0 Å². The van der Waals surface area contributed by atoms with Gasteiger partial charge in [0.05, 0.1) is 0 Å². The molecule has 0 N–H and O–H groups in total. The average molecular weight is 390 g/mol. The Kier molecular flexibility index (Phi) is 4.38. The largest absolute Gasteiger partial charge is 0.0860 e. The van der Waals surface area contributed by atoms with Crippen molar-refractivity contribution in [2.24, 2.45) is 0 Å². The lowest BCUT2D eigenvalue weighted by Crippen LogP contribution is -1.86. The molecule has 0 unspecified atom stereocenters. The summed E-state index contributed by atoms with van der Waals surface area (Å²) in [7, 11) is 0. The molecule has 0 radical (unpaired) electrons. The van der Waals surface area contributed by atoms with Crippen LogP contribution in [-0.4, -0.2) is 4.43 Å². The number of benzene rings is 1. The van der Waals surface area contributed by atoms with Crippen molar-refractivity contribution < 1.29 is 0 Å². The molecule has 0 nitrogen and oxygen atoms in total. The van der Waals surface area contributed by atoms with Crippen LogP contribution < -0.4 is 0 Å². The van der Waals surface area contributed by atoms with E-state index in [2.05, 4.69) is 66.6 Å². The maximum Gasteiger partial charge on any atom is 0.0208 e. The molecule has 0 amide bonds. The molecule has 0 saturated heterocycles. The number of alkyl halides is 1. The van der Waals surface area contributed by atoms with Crippen LogP contribution in [0.25, 0.3) is 0 Å². The predicted molar refractivity (Wildman–Crippen MR) is 64.4 cm³/mol. The van der Waals surface area contributed by atoms with Crippen LogP contribution in [0.1, 0.15) is 5.56 Å². The molecule has 11 heavy (non-hydrogen) atoms. The van der Waals surface area contributed by atoms with Gasteiger partial charge in [-0.3, -0.25) is 0 Å². The van der Waals surface area contributed by atoms with E-state index in [4.69, 9.17) is 0 Å². The number of hydrogen-bond donors (Lipinski definition) is 0. The Labute approximate surface area is 97.2 Å². The van der Waals surface area contributed by atoms with Crippen LogP contribution >= 0.6 is 54.5 Å². The fourth-order valence-electron chi connectivity index (χ4n) is 0.837. The summed E-state index contributed by atoms with van der Waals surface area (Å²) in [5.74, 6) is 0. The molecule has 0 aromatic heterocycles. The van der Waals surface area contributed by atoms with Gasteiger partial charge in [-0.2, -0.15) is 0 Å². The first kappa shape index (κ1) is 9.99. The zero-order chi connectivity index (χ0) is 8.27. The topological polar surface area (TPSA) is 0 Å². The fourth-order valence-corrected chi connectivity index (χ4v) is 2.27. The molecule has 0 fully saturated rings. The minimum absolute atomic E-state index is 1.13. The van der Waals surface area contributed by atoms with Gasteiger partial charge in [-0.15, -0.1) is 0 Å². The minimum atomic E-state index is 1.13. The Hall–Kier alpha value is 0.910. The zero-order valence-corrected chi connectivity index (χ0v) is 11.1. The van der Waals surface area contributed by atoms with E-state index in [0.29, 0.717) is 0 Å². The Balaban J connectivity index is 2.93. The van der Waals surface area contributed by atoms with E-state index in [0.717, 1.165) is 15.3 Å². The van der Waals surface area contributed by atoms with Crippen molar-refractivity contribution >= 4 is 54.5 Å². The van der Waals surface area contributed by atoms with Crippen LogP contribution in [0.5, 0.6) is 0 Å². The summed E-state index contributed by atoms with van der Waals surface area (Å²) in [5.41, 5.74) is 1.37. The second kappa shape index (κ2) is 4.82. The van der Waals surface area contributed by atoms with Crippen molar-refractivity contribution in [3.05, 3.63) is 32.7 Å². The van der Waals surface area contributed by atoms with Crippen molar-refractivity contribution in [1.29, 1.82) is 0 Å². The van der Waals surface area contributed by atoms with Crippen LogP contribution in [0.4, 0.5) is 0 Å². The maximum absolute atomic E-state index is 3.51. The molecule has 60 valence electrons. The number of hydrogen-bond acceptors (Lipinski definition) is 0. The molecule has 1 aromatic rings.